The predicted octanol–water partition coefficient (Wildman–Crippen LogP) is 3.85. The third-order valence-electron chi connectivity index (χ3n) is 5.47. The van der Waals surface area contributed by atoms with Gasteiger partial charge in [0.25, 0.3) is 5.56 Å². The van der Waals surface area contributed by atoms with E-state index in [2.05, 4.69) is 37.9 Å². The van der Waals surface area contributed by atoms with Crippen LogP contribution in [-0.2, 0) is 18.5 Å². The van der Waals surface area contributed by atoms with E-state index in [1.165, 1.54) is 39.0 Å². The van der Waals surface area contributed by atoms with Crippen LogP contribution >= 0.6 is 0 Å². The number of hydrogen-bond acceptors (Lipinski definition) is 3. The first kappa shape index (κ1) is 20.8. The summed E-state index contributed by atoms with van der Waals surface area (Å²) >= 11 is 0. The summed E-state index contributed by atoms with van der Waals surface area (Å²) in [7, 11) is 0. The van der Waals surface area contributed by atoms with Crippen LogP contribution in [0.1, 0.15) is 38.8 Å². The molecule has 0 saturated heterocycles. The van der Waals surface area contributed by atoms with Crippen LogP contribution in [0.25, 0.3) is 16.9 Å². The van der Waals surface area contributed by atoms with E-state index in [1.54, 1.807) is 17.8 Å². The van der Waals surface area contributed by atoms with Crippen molar-refractivity contribution in [3.05, 3.63) is 92.6 Å². The summed E-state index contributed by atoms with van der Waals surface area (Å²) < 4.78 is 17.7. The van der Waals surface area contributed by atoms with E-state index < -0.39 is 11.5 Å². The molecule has 0 aliphatic rings. The average Bonchev–Trinajstić information content (AvgIpc) is 3.13. The molecule has 0 atom stereocenters. The molecule has 0 N–H and O–H groups in total. The van der Waals surface area contributed by atoms with E-state index in [9.17, 15) is 14.0 Å². The highest BCUT2D eigenvalue weighted by atomic mass is 19.1. The van der Waals surface area contributed by atoms with Crippen molar-refractivity contribution in [2.75, 3.05) is 0 Å². The molecule has 2 aromatic heterocycles. The monoisotopic (exact) mass is 420 g/mol. The van der Waals surface area contributed by atoms with Gasteiger partial charge in [0.05, 0.1) is 12.0 Å². The van der Waals surface area contributed by atoms with Crippen LogP contribution in [0, 0.1) is 5.82 Å². The summed E-state index contributed by atoms with van der Waals surface area (Å²) in [6.45, 7) is 8.89. The molecule has 0 amide bonds. The number of hydrogen-bond donors (Lipinski definition) is 0. The van der Waals surface area contributed by atoms with Crippen molar-refractivity contribution < 1.29 is 4.39 Å². The lowest BCUT2D eigenvalue weighted by Crippen LogP contribution is -2.39. The number of imidazole rings is 1. The molecule has 0 radical (unpaired) electrons. The molecule has 0 saturated carbocycles. The van der Waals surface area contributed by atoms with Gasteiger partial charge in [0.2, 0.25) is 0 Å². The number of nitrogens with zero attached hydrogens (tertiary/aromatic N) is 4. The standard InChI is InChI=1S/C24H25FN4O2/c1-5-28-22(30)20-21(29(23(28)31)19-12-10-18(25)11-13-19)26-15-27(20)14-16-6-8-17(9-7-16)24(2,3)4/h6-13,15H,5,14H2,1-4H3. The van der Waals surface area contributed by atoms with Gasteiger partial charge in [-0.2, -0.15) is 0 Å². The molecule has 31 heavy (non-hydrogen) atoms. The van der Waals surface area contributed by atoms with Crippen LogP contribution in [0.15, 0.2) is 64.4 Å². The highest BCUT2D eigenvalue weighted by Crippen LogP contribution is 2.23. The smallest absolute Gasteiger partial charge is 0.320 e. The Balaban J connectivity index is 1.87. The highest BCUT2D eigenvalue weighted by molar-refractivity contribution is 5.72. The zero-order valence-corrected chi connectivity index (χ0v) is 18.1. The SMILES string of the molecule is CCn1c(=O)c2c(ncn2Cc2ccc(C(C)(C)C)cc2)n(-c2ccc(F)cc2)c1=O. The minimum Gasteiger partial charge on any atom is -0.320 e. The number of fused-ring (bicyclic) bond motifs is 1. The van der Waals surface area contributed by atoms with Gasteiger partial charge < -0.3 is 4.57 Å². The van der Waals surface area contributed by atoms with E-state index in [-0.39, 0.29) is 23.2 Å². The van der Waals surface area contributed by atoms with Crippen LogP contribution in [0.2, 0.25) is 0 Å². The molecule has 0 fully saturated rings. The molecule has 0 aliphatic heterocycles. The molecule has 0 aliphatic carbocycles. The summed E-state index contributed by atoms with van der Waals surface area (Å²) in [6.07, 6.45) is 1.57. The van der Waals surface area contributed by atoms with Gasteiger partial charge in [-0.15, -0.1) is 0 Å². The number of benzene rings is 2. The largest absolute Gasteiger partial charge is 0.337 e. The topological polar surface area (TPSA) is 61.8 Å². The van der Waals surface area contributed by atoms with E-state index >= 15 is 0 Å². The van der Waals surface area contributed by atoms with E-state index in [4.69, 9.17) is 0 Å². The van der Waals surface area contributed by atoms with E-state index in [0.29, 0.717) is 17.7 Å². The van der Waals surface area contributed by atoms with Crippen molar-refractivity contribution >= 4 is 11.2 Å². The lowest BCUT2D eigenvalue weighted by molar-refractivity contribution is 0.590. The third-order valence-corrected chi connectivity index (χ3v) is 5.47. The fraction of sp³-hybridized carbons (Fsp3) is 0.292. The Bertz CT molecular complexity index is 1350. The molecular formula is C24H25FN4O2. The molecule has 0 unspecified atom stereocenters. The highest BCUT2D eigenvalue weighted by Gasteiger charge is 2.19. The fourth-order valence-corrected chi connectivity index (χ4v) is 3.71. The summed E-state index contributed by atoms with van der Waals surface area (Å²) in [5, 5.41) is 0. The van der Waals surface area contributed by atoms with Gasteiger partial charge in [-0.1, -0.05) is 45.0 Å². The first-order valence-corrected chi connectivity index (χ1v) is 10.3. The Hall–Kier alpha value is -3.48. The van der Waals surface area contributed by atoms with Crippen LogP contribution in [0.4, 0.5) is 4.39 Å². The maximum Gasteiger partial charge on any atom is 0.337 e. The molecule has 0 bridgehead atoms. The predicted molar refractivity (Wildman–Crippen MR) is 119 cm³/mol. The Morgan fingerprint density at radius 2 is 1.61 bits per heavy atom. The van der Waals surface area contributed by atoms with Crippen LogP contribution in [-0.4, -0.2) is 18.7 Å². The minimum absolute atomic E-state index is 0.0559. The molecule has 4 aromatic rings. The lowest BCUT2D eigenvalue weighted by atomic mass is 9.87. The molecule has 0 spiro atoms. The zero-order valence-electron chi connectivity index (χ0n) is 18.1. The van der Waals surface area contributed by atoms with Gasteiger partial charge in [0.15, 0.2) is 11.2 Å². The second-order valence-corrected chi connectivity index (χ2v) is 8.64. The zero-order chi connectivity index (χ0) is 22.3. The molecule has 7 heteroatoms. The minimum atomic E-state index is -0.494. The van der Waals surface area contributed by atoms with Crippen molar-refractivity contribution in [3.8, 4) is 5.69 Å². The maximum atomic E-state index is 13.4. The first-order valence-electron chi connectivity index (χ1n) is 10.3. The van der Waals surface area contributed by atoms with Crippen molar-refractivity contribution in [2.45, 2.75) is 46.2 Å². The molecule has 4 rings (SSSR count). The average molecular weight is 420 g/mol. The third kappa shape index (κ3) is 3.71. The van der Waals surface area contributed by atoms with Crippen molar-refractivity contribution in [1.82, 2.24) is 18.7 Å². The van der Waals surface area contributed by atoms with Gasteiger partial charge in [0, 0.05) is 13.1 Å². The van der Waals surface area contributed by atoms with Crippen molar-refractivity contribution in [1.29, 1.82) is 0 Å². The summed E-state index contributed by atoms with van der Waals surface area (Å²) in [5.74, 6) is -0.402. The van der Waals surface area contributed by atoms with Crippen LogP contribution in [0.3, 0.4) is 0 Å². The molecule has 2 aromatic carbocycles. The quantitative estimate of drug-likeness (QED) is 0.504. The Kier molecular flexibility index (Phi) is 5.13. The van der Waals surface area contributed by atoms with Crippen LogP contribution in [0.5, 0.6) is 0 Å². The van der Waals surface area contributed by atoms with Crippen molar-refractivity contribution in [2.24, 2.45) is 0 Å². The number of halogens is 1. The molecule has 2 heterocycles. The van der Waals surface area contributed by atoms with Gasteiger partial charge in [0.1, 0.15) is 5.82 Å². The van der Waals surface area contributed by atoms with Crippen molar-refractivity contribution in [3.63, 3.8) is 0 Å². The van der Waals surface area contributed by atoms with Gasteiger partial charge >= 0.3 is 5.69 Å². The van der Waals surface area contributed by atoms with E-state index in [1.807, 2.05) is 12.1 Å². The Morgan fingerprint density at radius 1 is 0.968 bits per heavy atom. The fourth-order valence-electron chi connectivity index (χ4n) is 3.71. The van der Waals surface area contributed by atoms with E-state index in [0.717, 1.165) is 5.56 Å². The second kappa shape index (κ2) is 7.65. The summed E-state index contributed by atoms with van der Waals surface area (Å²) in [6, 6.07) is 13.8. The number of aromatic nitrogens is 4. The molecule has 6 nitrogen and oxygen atoms in total. The van der Waals surface area contributed by atoms with Gasteiger partial charge in [-0.3, -0.25) is 9.36 Å². The summed E-state index contributed by atoms with van der Waals surface area (Å²) in [5.41, 5.74) is 2.48. The second-order valence-electron chi connectivity index (χ2n) is 8.64. The molecular weight excluding hydrogens is 395 g/mol. The normalized spacial score (nSPS) is 11.9. The Morgan fingerprint density at radius 3 is 2.19 bits per heavy atom. The van der Waals surface area contributed by atoms with Gasteiger partial charge in [-0.05, 0) is 47.7 Å². The maximum absolute atomic E-state index is 13.4. The first-order chi connectivity index (χ1) is 14.7. The van der Waals surface area contributed by atoms with Gasteiger partial charge in [-0.25, -0.2) is 18.7 Å². The van der Waals surface area contributed by atoms with Crippen LogP contribution < -0.4 is 11.2 Å². The Labute approximate surface area is 179 Å². The number of rotatable bonds is 4. The molecule has 160 valence electrons. The lowest BCUT2D eigenvalue weighted by Gasteiger charge is -2.19. The summed E-state index contributed by atoms with van der Waals surface area (Å²) in [4.78, 5) is 30.5.